The third kappa shape index (κ3) is 3.45. The van der Waals surface area contributed by atoms with E-state index in [0.717, 1.165) is 32.5 Å². The Morgan fingerprint density at radius 1 is 1.50 bits per heavy atom. The first-order valence-electron chi connectivity index (χ1n) is 6.53. The Labute approximate surface area is 108 Å². The molecule has 0 bridgehead atoms. The highest BCUT2D eigenvalue weighted by atomic mass is 16.5. The molecule has 0 fully saturated rings. The topological polar surface area (TPSA) is 53.5 Å². The van der Waals surface area contributed by atoms with Crippen molar-refractivity contribution in [1.29, 1.82) is 0 Å². The zero-order valence-electron chi connectivity index (χ0n) is 10.9. The minimum Gasteiger partial charge on any atom is -0.391 e. The number of benzene rings is 1. The molecule has 1 unspecified atom stereocenters. The third-order valence-electron chi connectivity index (χ3n) is 3.26. The van der Waals surface area contributed by atoms with E-state index < -0.39 is 0 Å². The maximum Gasteiger partial charge on any atom is 0.0785 e. The first-order chi connectivity index (χ1) is 8.81. The molecule has 1 atom stereocenters. The Hall–Kier alpha value is -1.10. The number of nitrogens with one attached hydrogen (secondary N) is 2. The number of aliphatic hydroxyl groups excluding tert-OH is 1. The summed E-state index contributed by atoms with van der Waals surface area (Å²) in [5.41, 5.74) is 4.02. The van der Waals surface area contributed by atoms with Gasteiger partial charge in [-0.05, 0) is 30.5 Å². The Morgan fingerprint density at radius 2 is 2.39 bits per heavy atom. The Kier molecular flexibility index (Phi) is 4.99. The van der Waals surface area contributed by atoms with E-state index in [9.17, 15) is 5.11 Å². The van der Waals surface area contributed by atoms with Gasteiger partial charge < -0.3 is 20.5 Å². The van der Waals surface area contributed by atoms with Gasteiger partial charge in [-0.2, -0.15) is 0 Å². The van der Waals surface area contributed by atoms with Crippen molar-refractivity contribution in [2.24, 2.45) is 0 Å². The molecular weight excluding hydrogens is 228 g/mol. The van der Waals surface area contributed by atoms with E-state index in [1.54, 1.807) is 7.11 Å². The summed E-state index contributed by atoms with van der Waals surface area (Å²) >= 11 is 0. The average Bonchev–Trinajstić information content (AvgIpc) is 2.84. The molecule has 0 saturated heterocycles. The summed E-state index contributed by atoms with van der Waals surface area (Å²) in [5, 5.41) is 16.3. The Balaban J connectivity index is 1.76. The lowest BCUT2D eigenvalue weighted by Crippen LogP contribution is -2.23. The Morgan fingerprint density at radius 3 is 3.22 bits per heavy atom. The van der Waals surface area contributed by atoms with Crippen LogP contribution < -0.4 is 10.6 Å². The maximum absolute atomic E-state index is 9.52. The van der Waals surface area contributed by atoms with Crippen LogP contribution in [0, 0.1) is 0 Å². The number of hydrogen-bond donors (Lipinski definition) is 3. The van der Waals surface area contributed by atoms with Crippen molar-refractivity contribution < 1.29 is 9.84 Å². The molecule has 4 nitrogen and oxygen atoms in total. The van der Waals surface area contributed by atoms with Gasteiger partial charge in [0.2, 0.25) is 0 Å². The fraction of sp³-hybridized carbons (Fsp3) is 0.571. The smallest absolute Gasteiger partial charge is 0.0785 e. The maximum atomic E-state index is 9.52. The van der Waals surface area contributed by atoms with Gasteiger partial charge >= 0.3 is 0 Å². The zero-order valence-corrected chi connectivity index (χ0v) is 10.9. The number of fused-ring (bicyclic) bond motifs is 1. The zero-order chi connectivity index (χ0) is 12.8. The van der Waals surface area contributed by atoms with Gasteiger partial charge in [0, 0.05) is 25.9 Å². The predicted octanol–water partition coefficient (Wildman–Crippen LogP) is 1.14. The number of hydrogen-bond acceptors (Lipinski definition) is 4. The third-order valence-corrected chi connectivity index (χ3v) is 3.26. The van der Waals surface area contributed by atoms with Crippen molar-refractivity contribution in [3.05, 3.63) is 29.3 Å². The van der Waals surface area contributed by atoms with Gasteiger partial charge in [0.1, 0.15) is 0 Å². The summed E-state index contributed by atoms with van der Waals surface area (Å²) in [6.07, 6.45) is 1.47. The fourth-order valence-corrected chi connectivity index (χ4v) is 2.33. The van der Waals surface area contributed by atoms with Gasteiger partial charge in [-0.25, -0.2) is 0 Å². The molecule has 0 radical (unpaired) electrons. The van der Waals surface area contributed by atoms with E-state index in [1.165, 1.54) is 16.8 Å². The molecule has 0 aromatic heterocycles. The van der Waals surface area contributed by atoms with Gasteiger partial charge in [0.05, 0.1) is 12.7 Å². The van der Waals surface area contributed by atoms with Crippen LogP contribution in [0.4, 0.5) is 5.69 Å². The quantitative estimate of drug-likeness (QED) is 0.635. The molecule has 1 aromatic rings. The van der Waals surface area contributed by atoms with E-state index in [0.29, 0.717) is 6.61 Å². The van der Waals surface area contributed by atoms with Crippen LogP contribution in [-0.2, 0) is 17.7 Å². The standard InChI is InChI=1S/C14H22N2O2/c1-18-10-13(17)6-7-15-9-12-4-2-3-11-5-8-16-14(11)12/h2-4,13,15-17H,5-10H2,1H3. The average molecular weight is 250 g/mol. The number of methoxy groups -OCH3 is 1. The van der Waals surface area contributed by atoms with E-state index in [1.807, 2.05) is 0 Å². The molecule has 1 aromatic carbocycles. The van der Waals surface area contributed by atoms with Gasteiger partial charge in [-0.3, -0.25) is 0 Å². The molecule has 3 N–H and O–H groups in total. The largest absolute Gasteiger partial charge is 0.391 e. The highest BCUT2D eigenvalue weighted by Gasteiger charge is 2.13. The van der Waals surface area contributed by atoms with Crippen molar-refractivity contribution in [3.8, 4) is 0 Å². The second-order valence-electron chi connectivity index (χ2n) is 4.70. The first-order valence-corrected chi connectivity index (χ1v) is 6.53. The van der Waals surface area contributed by atoms with E-state index in [4.69, 9.17) is 4.74 Å². The molecular formula is C14H22N2O2. The Bertz CT molecular complexity index is 382. The summed E-state index contributed by atoms with van der Waals surface area (Å²) in [6, 6.07) is 6.44. The molecule has 1 aliphatic rings. The molecule has 0 spiro atoms. The highest BCUT2D eigenvalue weighted by Crippen LogP contribution is 2.26. The van der Waals surface area contributed by atoms with Crippen molar-refractivity contribution in [3.63, 3.8) is 0 Å². The van der Waals surface area contributed by atoms with Gasteiger partial charge in [-0.15, -0.1) is 0 Å². The van der Waals surface area contributed by atoms with Crippen molar-refractivity contribution >= 4 is 5.69 Å². The molecule has 1 heterocycles. The van der Waals surface area contributed by atoms with E-state index >= 15 is 0 Å². The molecule has 18 heavy (non-hydrogen) atoms. The summed E-state index contributed by atoms with van der Waals surface area (Å²) in [5.74, 6) is 0. The predicted molar refractivity (Wildman–Crippen MR) is 72.8 cm³/mol. The monoisotopic (exact) mass is 250 g/mol. The van der Waals surface area contributed by atoms with Crippen LogP contribution in [0.1, 0.15) is 17.5 Å². The molecule has 4 heteroatoms. The number of ether oxygens (including phenoxy) is 1. The minimum atomic E-state index is -0.373. The summed E-state index contributed by atoms with van der Waals surface area (Å²) in [6.45, 7) is 3.09. The van der Waals surface area contributed by atoms with Crippen LogP contribution in [-0.4, -0.2) is 38.0 Å². The number of aliphatic hydroxyl groups is 1. The second-order valence-corrected chi connectivity index (χ2v) is 4.70. The molecule has 100 valence electrons. The summed E-state index contributed by atoms with van der Waals surface area (Å²) in [7, 11) is 1.61. The van der Waals surface area contributed by atoms with Gasteiger partial charge in [0.15, 0.2) is 0 Å². The van der Waals surface area contributed by atoms with Crippen LogP contribution in [0.15, 0.2) is 18.2 Å². The SMILES string of the molecule is COCC(O)CCNCc1cccc2c1NCC2. The van der Waals surface area contributed by atoms with Crippen LogP contribution in [0.2, 0.25) is 0 Å². The number of para-hydroxylation sites is 1. The minimum absolute atomic E-state index is 0.373. The first kappa shape index (κ1) is 13.3. The van der Waals surface area contributed by atoms with E-state index in [2.05, 4.69) is 28.8 Å². The van der Waals surface area contributed by atoms with Crippen molar-refractivity contribution in [2.45, 2.75) is 25.5 Å². The number of anilines is 1. The lowest BCUT2D eigenvalue weighted by atomic mass is 10.1. The lowest BCUT2D eigenvalue weighted by molar-refractivity contribution is 0.0594. The van der Waals surface area contributed by atoms with Crippen LogP contribution >= 0.6 is 0 Å². The summed E-state index contributed by atoms with van der Waals surface area (Å²) in [4.78, 5) is 0. The van der Waals surface area contributed by atoms with Crippen LogP contribution in [0.3, 0.4) is 0 Å². The second kappa shape index (κ2) is 6.73. The molecule has 2 rings (SSSR count). The van der Waals surface area contributed by atoms with Crippen LogP contribution in [0.5, 0.6) is 0 Å². The summed E-state index contributed by atoms with van der Waals surface area (Å²) < 4.78 is 4.89. The van der Waals surface area contributed by atoms with Crippen molar-refractivity contribution in [1.82, 2.24) is 5.32 Å². The van der Waals surface area contributed by atoms with Crippen LogP contribution in [0.25, 0.3) is 0 Å². The molecule has 0 amide bonds. The molecule has 0 saturated carbocycles. The van der Waals surface area contributed by atoms with Gasteiger partial charge in [0.25, 0.3) is 0 Å². The highest BCUT2D eigenvalue weighted by molar-refractivity contribution is 5.61. The lowest BCUT2D eigenvalue weighted by Gasteiger charge is -2.12. The normalized spacial score (nSPS) is 15.2. The van der Waals surface area contributed by atoms with Crippen molar-refractivity contribution in [2.75, 3.05) is 32.1 Å². The molecule has 0 aliphatic carbocycles. The van der Waals surface area contributed by atoms with Gasteiger partial charge in [-0.1, -0.05) is 18.2 Å². The van der Waals surface area contributed by atoms with E-state index in [-0.39, 0.29) is 6.10 Å². The molecule has 1 aliphatic heterocycles. The fourth-order valence-electron chi connectivity index (χ4n) is 2.33. The number of rotatable bonds is 7.